The van der Waals surface area contributed by atoms with E-state index in [2.05, 4.69) is 15.3 Å². The Bertz CT molecular complexity index is 362. The van der Waals surface area contributed by atoms with E-state index in [9.17, 15) is 4.79 Å². The number of methoxy groups -OCH3 is 1. The lowest BCUT2D eigenvalue weighted by atomic mass is 10.4. The molecule has 0 saturated heterocycles. The van der Waals surface area contributed by atoms with Crippen LogP contribution in [0.25, 0.3) is 0 Å². The Morgan fingerprint density at radius 2 is 2.29 bits per heavy atom. The predicted octanol–water partition coefficient (Wildman–Crippen LogP) is 0.304. The number of rotatable bonds is 7. The highest BCUT2D eigenvalue weighted by molar-refractivity contribution is 8.00. The molecule has 0 bridgehead atoms. The molecule has 0 unspecified atom stereocenters. The molecule has 6 nitrogen and oxygen atoms in total. The van der Waals surface area contributed by atoms with Crippen LogP contribution in [0.3, 0.4) is 0 Å². The molecule has 1 amide bonds. The molecule has 7 heteroatoms. The highest BCUT2D eigenvalue weighted by Gasteiger charge is 2.06. The monoisotopic (exact) mass is 256 g/mol. The molecule has 94 valence electrons. The molecule has 0 aromatic carbocycles. The number of aromatic nitrogens is 2. The zero-order chi connectivity index (χ0) is 12.5. The van der Waals surface area contributed by atoms with Crippen molar-refractivity contribution in [1.82, 2.24) is 15.3 Å². The van der Waals surface area contributed by atoms with E-state index in [0.29, 0.717) is 24.0 Å². The molecule has 0 atom stereocenters. The third kappa shape index (κ3) is 5.50. The third-order valence-corrected chi connectivity index (χ3v) is 2.87. The van der Waals surface area contributed by atoms with Gasteiger partial charge in [0.25, 0.3) is 0 Å². The molecule has 0 aliphatic heterocycles. The maximum atomic E-state index is 11.4. The second kappa shape index (κ2) is 7.86. The lowest BCUT2D eigenvalue weighted by Gasteiger charge is -2.05. The quantitative estimate of drug-likeness (QED) is 0.539. The van der Waals surface area contributed by atoms with Crippen molar-refractivity contribution in [3.63, 3.8) is 0 Å². The summed E-state index contributed by atoms with van der Waals surface area (Å²) in [7, 11) is 1.63. The average molecular weight is 256 g/mol. The zero-order valence-corrected chi connectivity index (χ0v) is 10.5. The van der Waals surface area contributed by atoms with Gasteiger partial charge in [-0.1, -0.05) is 11.8 Å². The van der Waals surface area contributed by atoms with Crippen LogP contribution in [0.1, 0.15) is 6.42 Å². The number of thioether (sulfide) groups is 1. The first-order valence-corrected chi connectivity index (χ1v) is 6.17. The van der Waals surface area contributed by atoms with Crippen molar-refractivity contribution in [1.29, 1.82) is 0 Å². The fourth-order valence-electron chi connectivity index (χ4n) is 1.08. The summed E-state index contributed by atoms with van der Waals surface area (Å²) in [6.45, 7) is 1.26. The number of nitrogens with zero attached hydrogens (tertiary/aromatic N) is 2. The number of nitrogens with two attached hydrogens (primary N) is 1. The lowest BCUT2D eigenvalue weighted by Crippen LogP contribution is -2.26. The van der Waals surface area contributed by atoms with Crippen LogP contribution in [0.5, 0.6) is 0 Å². The van der Waals surface area contributed by atoms with Gasteiger partial charge in [0.05, 0.1) is 5.75 Å². The number of carbonyl (C=O) groups is 1. The van der Waals surface area contributed by atoms with Crippen molar-refractivity contribution in [2.45, 2.75) is 11.4 Å². The molecule has 1 aromatic heterocycles. The van der Waals surface area contributed by atoms with Crippen LogP contribution < -0.4 is 11.1 Å². The van der Waals surface area contributed by atoms with E-state index in [1.54, 1.807) is 13.3 Å². The molecule has 1 rings (SSSR count). The molecule has 3 N–H and O–H groups in total. The van der Waals surface area contributed by atoms with Gasteiger partial charge in [-0.05, 0) is 6.42 Å². The predicted molar refractivity (Wildman–Crippen MR) is 66.7 cm³/mol. The number of nitrogen functional groups attached to an aromatic ring is 1. The second-order valence-corrected chi connectivity index (χ2v) is 4.20. The molecule has 0 radical (unpaired) electrons. The van der Waals surface area contributed by atoms with Crippen LogP contribution in [0.4, 0.5) is 5.82 Å². The van der Waals surface area contributed by atoms with Crippen LogP contribution in [0, 0.1) is 0 Å². The van der Waals surface area contributed by atoms with E-state index in [4.69, 9.17) is 10.5 Å². The minimum Gasteiger partial charge on any atom is -0.385 e. The molecular formula is C10H16N4O2S. The molecule has 1 heterocycles. The van der Waals surface area contributed by atoms with E-state index in [1.807, 2.05) is 0 Å². The van der Waals surface area contributed by atoms with Crippen molar-refractivity contribution in [3.8, 4) is 0 Å². The number of anilines is 1. The Kier molecular flexibility index (Phi) is 6.34. The molecule has 0 aliphatic carbocycles. The summed E-state index contributed by atoms with van der Waals surface area (Å²) in [5.74, 6) is 0.594. The van der Waals surface area contributed by atoms with Crippen LogP contribution in [-0.4, -0.2) is 41.9 Å². The van der Waals surface area contributed by atoms with Gasteiger partial charge in [-0.2, -0.15) is 0 Å². The minimum atomic E-state index is -0.0452. The fraction of sp³-hybridized carbons (Fsp3) is 0.500. The molecular weight excluding hydrogens is 240 g/mol. The molecule has 0 fully saturated rings. The van der Waals surface area contributed by atoms with Gasteiger partial charge in [0, 0.05) is 32.7 Å². The van der Waals surface area contributed by atoms with Crippen LogP contribution in [-0.2, 0) is 9.53 Å². The zero-order valence-electron chi connectivity index (χ0n) is 9.68. The summed E-state index contributed by atoms with van der Waals surface area (Å²) in [6, 6.07) is 0. The van der Waals surface area contributed by atoms with Crippen molar-refractivity contribution >= 4 is 23.5 Å². The number of hydrogen-bond acceptors (Lipinski definition) is 6. The SMILES string of the molecule is COCCCNC(=O)CSc1nccnc1N. The Morgan fingerprint density at radius 3 is 3.00 bits per heavy atom. The van der Waals surface area contributed by atoms with E-state index in [1.165, 1.54) is 18.0 Å². The van der Waals surface area contributed by atoms with E-state index in [-0.39, 0.29) is 11.7 Å². The smallest absolute Gasteiger partial charge is 0.230 e. The van der Waals surface area contributed by atoms with E-state index < -0.39 is 0 Å². The summed E-state index contributed by atoms with van der Waals surface area (Å²) in [5, 5.41) is 3.36. The van der Waals surface area contributed by atoms with Crippen molar-refractivity contribution in [2.75, 3.05) is 31.7 Å². The Hall–Kier alpha value is -1.34. The maximum Gasteiger partial charge on any atom is 0.230 e. The topological polar surface area (TPSA) is 90.1 Å². The number of amides is 1. The summed E-state index contributed by atoms with van der Waals surface area (Å²) in [6.07, 6.45) is 3.87. The minimum absolute atomic E-state index is 0.0452. The van der Waals surface area contributed by atoms with Gasteiger partial charge in [0.1, 0.15) is 5.03 Å². The summed E-state index contributed by atoms with van der Waals surface area (Å²) in [4.78, 5) is 19.4. The van der Waals surface area contributed by atoms with Gasteiger partial charge in [0.2, 0.25) is 5.91 Å². The van der Waals surface area contributed by atoms with Gasteiger partial charge in [-0.25, -0.2) is 9.97 Å². The van der Waals surface area contributed by atoms with Crippen LogP contribution >= 0.6 is 11.8 Å². The fourth-order valence-corrected chi connectivity index (χ4v) is 1.78. The average Bonchev–Trinajstić information content (AvgIpc) is 2.34. The molecule has 0 saturated carbocycles. The van der Waals surface area contributed by atoms with Crippen molar-refractivity contribution in [3.05, 3.63) is 12.4 Å². The van der Waals surface area contributed by atoms with E-state index >= 15 is 0 Å². The van der Waals surface area contributed by atoms with Crippen molar-refractivity contribution in [2.24, 2.45) is 0 Å². The van der Waals surface area contributed by atoms with Crippen molar-refractivity contribution < 1.29 is 9.53 Å². The van der Waals surface area contributed by atoms with Gasteiger partial charge < -0.3 is 15.8 Å². The van der Waals surface area contributed by atoms with Gasteiger partial charge in [-0.15, -0.1) is 0 Å². The van der Waals surface area contributed by atoms with Crippen LogP contribution in [0.2, 0.25) is 0 Å². The number of carbonyl (C=O) groups excluding carboxylic acids is 1. The molecule has 0 spiro atoms. The summed E-state index contributed by atoms with van der Waals surface area (Å²) in [5.41, 5.74) is 5.60. The first kappa shape index (κ1) is 13.7. The Balaban J connectivity index is 2.22. The second-order valence-electron chi connectivity index (χ2n) is 3.23. The first-order valence-electron chi connectivity index (χ1n) is 5.19. The molecule has 0 aliphatic rings. The highest BCUT2D eigenvalue weighted by Crippen LogP contribution is 2.18. The number of ether oxygens (including phenoxy) is 1. The normalized spacial score (nSPS) is 10.2. The van der Waals surface area contributed by atoms with Gasteiger partial charge >= 0.3 is 0 Å². The van der Waals surface area contributed by atoms with Gasteiger partial charge in [-0.3, -0.25) is 4.79 Å². The lowest BCUT2D eigenvalue weighted by molar-refractivity contribution is -0.118. The molecule has 1 aromatic rings. The van der Waals surface area contributed by atoms with Crippen LogP contribution in [0.15, 0.2) is 17.4 Å². The Labute approximate surface area is 104 Å². The summed E-state index contributed by atoms with van der Waals surface area (Å²) < 4.78 is 4.88. The first-order chi connectivity index (χ1) is 8.24. The highest BCUT2D eigenvalue weighted by atomic mass is 32.2. The standard InChI is InChI=1S/C10H16N4O2S/c1-16-6-2-3-12-8(15)7-17-10-9(11)13-4-5-14-10/h4-5H,2-3,6-7H2,1H3,(H2,11,13)(H,12,15). The Morgan fingerprint density at radius 1 is 1.53 bits per heavy atom. The third-order valence-electron chi connectivity index (χ3n) is 1.88. The number of nitrogens with one attached hydrogen (secondary N) is 1. The summed E-state index contributed by atoms with van der Waals surface area (Å²) >= 11 is 1.28. The maximum absolute atomic E-state index is 11.4. The van der Waals surface area contributed by atoms with E-state index in [0.717, 1.165) is 6.42 Å². The van der Waals surface area contributed by atoms with Gasteiger partial charge in [0.15, 0.2) is 5.82 Å². The molecule has 17 heavy (non-hydrogen) atoms. The number of hydrogen-bond donors (Lipinski definition) is 2. The largest absolute Gasteiger partial charge is 0.385 e.